The summed E-state index contributed by atoms with van der Waals surface area (Å²) in [5.41, 5.74) is 1.84. The van der Waals surface area contributed by atoms with E-state index >= 15 is 0 Å². The van der Waals surface area contributed by atoms with E-state index in [-0.39, 0.29) is 0 Å². The molecule has 0 aliphatic carbocycles. The van der Waals surface area contributed by atoms with E-state index in [1.807, 2.05) is 16.8 Å². The number of halogens is 1. The molecular weight excluding hydrogens is 361 g/mol. The summed E-state index contributed by atoms with van der Waals surface area (Å²) in [5, 5.41) is 0. The van der Waals surface area contributed by atoms with Gasteiger partial charge in [-0.15, -0.1) is 0 Å². The summed E-state index contributed by atoms with van der Waals surface area (Å²) in [4.78, 5) is 8.71. The Morgan fingerprint density at radius 1 is 1.33 bits per heavy atom. The molecule has 0 saturated carbocycles. The highest BCUT2D eigenvalue weighted by atomic mass is 127. The van der Waals surface area contributed by atoms with E-state index in [2.05, 4.69) is 51.3 Å². The highest BCUT2D eigenvalue weighted by Crippen LogP contribution is 2.33. The van der Waals surface area contributed by atoms with Crippen LogP contribution in [0.2, 0.25) is 0 Å². The molecule has 0 aliphatic rings. The van der Waals surface area contributed by atoms with Crippen molar-refractivity contribution in [3.05, 3.63) is 22.2 Å². The number of pyridine rings is 1. The fraction of sp³-hybridized carbons (Fsp3) is 0.500. The lowest BCUT2D eigenvalue weighted by Gasteiger charge is -2.24. The zero-order chi connectivity index (χ0) is 13.2. The minimum absolute atomic E-state index is 0.481. The molecule has 18 heavy (non-hydrogen) atoms. The molecule has 2 heterocycles. The van der Waals surface area contributed by atoms with Crippen LogP contribution >= 0.6 is 32.6 Å². The molecule has 2 aromatic heterocycles. The summed E-state index contributed by atoms with van der Waals surface area (Å²) in [6, 6.07) is 1.96. The van der Waals surface area contributed by atoms with Crippen molar-refractivity contribution in [2.24, 2.45) is 0 Å². The number of ether oxygens (including phenoxy) is 1. The molecule has 0 aromatic carbocycles. The van der Waals surface area contributed by atoms with Gasteiger partial charge in [0.15, 0.2) is 5.65 Å². The fourth-order valence-electron chi connectivity index (χ4n) is 1.50. The maximum absolute atomic E-state index is 5.70. The zero-order valence-electron chi connectivity index (χ0n) is 10.9. The van der Waals surface area contributed by atoms with Gasteiger partial charge in [0.25, 0.3) is 0 Å². The second-order valence-corrected chi connectivity index (χ2v) is 10.8. The van der Waals surface area contributed by atoms with Crippen LogP contribution < -0.4 is 0 Å². The summed E-state index contributed by atoms with van der Waals surface area (Å²) in [6.07, 6.45) is 10.5. The van der Waals surface area contributed by atoms with Crippen molar-refractivity contribution in [1.29, 1.82) is 0 Å². The molecule has 6 heteroatoms. The quantitative estimate of drug-likeness (QED) is 0.593. The first-order valence-corrected chi connectivity index (χ1v) is 9.77. The molecule has 0 spiro atoms. The van der Waals surface area contributed by atoms with Gasteiger partial charge in [-0.2, -0.15) is 0 Å². The largest absolute Gasteiger partial charge is 0.360 e. The summed E-state index contributed by atoms with van der Waals surface area (Å²) in [5.74, 6) is 1.13. The first-order valence-electron chi connectivity index (χ1n) is 5.66. The lowest BCUT2D eigenvalue weighted by atomic mass is 10.4. The van der Waals surface area contributed by atoms with Gasteiger partial charge in [-0.25, -0.2) is 20.0 Å². The predicted octanol–water partition coefficient (Wildman–Crippen LogP) is 2.70. The molecule has 0 N–H and O–H groups in total. The Morgan fingerprint density at radius 2 is 2.11 bits per heavy atom. The van der Waals surface area contributed by atoms with Crippen LogP contribution in [-0.2, 0) is 11.5 Å². The van der Waals surface area contributed by atoms with Crippen molar-refractivity contribution >= 4 is 43.8 Å². The summed E-state index contributed by atoms with van der Waals surface area (Å²) in [6.45, 7) is 1.32. The van der Waals surface area contributed by atoms with Crippen molar-refractivity contribution < 1.29 is 4.74 Å². The Kier molecular flexibility index (Phi) is 4.50. The molecule has 0 atom stereocenters. The van der Waals surface area contributed by atoms with E-state index in [1.54, 1.807) is 6.33 Å². The lowest BCUT2D eigenvalue weighted by Crippen LogP contribution is -2.09. The lowest BCUT2D eigenvalue weighted by molar-refractivity contribution is 0.0919. The first kappa shape index (κ1) is 14.1. The Labute approximate surface area is 123 Å². The van der Waals surface area contributed by atoms with E-state index in [0.717, 1.165) is 27.1 Å². The average molecular weight is 379 g/mol. The number of hydrogen-bond acceptors (Lipinski definition) is 3. The minimum atomic E-state index is -0.481. The summed E-state index contributed by atoms with van der Waals surface area (Å²) >= 11 is 2.27. The van der Waals surface area contributed by atoms with Crippen molar-refractivity contribution in [3.8, 4) is 0 Å². The van der Waals surface area contributed by atoms with Crippen LogP contribution in [0, 0.1) is 3.57 Å². The van der Waals surface area contributed by atoms with Gasteiger partial charge in [-0.3, -0.25) is 4.57 Å². The third-order valence-electron chi connectivity index (χ3n) is 2.52. The SMILES string of the molecule is CS(C)(C)CCOCn1cnc2c(I)ccnc21. The van der Waals surface area contributed by atoms with Gasteiger partial charge >= 0.3 is 0 Å². The van der Waals surface area contributed by atoms with Crippen LogP contribution in [0.5, 0.6) is 0 Å². The van der Waals surface area contributed by atoms with Crippen molar-refractivity contribution in [2.45, 2.75) is 6.73 Å². The van der Waals surface area contributed by atoms with Crippen molar-refractivity contribution in [2.75, 3.05) is 31.1 Å². The van der Waals surface area contributed by atoms with Gasteiger partial charge in [0.1, 0.15) is 12.2 Å². The number of rotatable bonds is 5. The van der Waals surface area contributed by atoms with Crippen LogP contribution in [-0.4, -0.2) is 45.7 Å². The number of imidazole rings is 1. The minimum Gasteiger partial charge on any atom is -0.360 e. The molecule has 0 saturated heterocycles. The molecular formula is C12H18IN3OS. The number of aromatic nitrogens is 3. The van der Waals surface area contributed by atoms with E-state index in [9.17, 15) is 0 Å². The number of hydrogen-bond donors (Lipinski definition) is 0. The van der Waals surface area contributed by atoms with Gasteiger partial charge in [-0.1, -0.05) is 0 Å². The summed E-state index contributed by atoms with van der Waals surface area (Å²) < 4.78 is 8.78. The molecule has 0 bridgehead atoms. The van der Waals surface area contributed by atoms with Gasteiger partial charge in [0.05, 0.1) is 12.9 Å². The van der Waals surface area contributed by atoms with Crippen molar-refractivity contribution in [3.63, 3.8) is 0 Å². The van der Waals surface area contributed by atoms with Gasteiger partial charge in [0.2, 0.25) is 0 Å². The normalized spacial score (nSPS) is 13.1. The predicted molar refractivity (Wildman–Crippen MR) is 86.4 cm³/mol. The average Bonchev–Trinajstić information content (AvgIpc) is 2.68. The number of nitrogens with zero attached hydrogens (tertiary/aromatic N) is 3. The van der Waals surface area contributed by atoms with Crippen molar-refractivity contribution in [1.82, 2.24) is 14.5 Å². The number of fused-ring (bicyclic) bond motifs is 1. The van der Waals surface area contributed by atoms with Crippen LogP contribution in [0.25, 0.3) is 11.2 Å². The Morgan fingerprint density at radius 3 is 2.83 bits per heavy atom. The molecule has 0 fully saturated rings. The van der Waals surface area contributed by atoms with Gasteiger partial charge in [0, 0.05) is 15.5 Å². The standard InChI is InChI=1S/C12H18IN3OS/c1-18(2,3)7-6-17-9-16-8-15-11-10(13)4-5-14-12(11)16/h4-5,8H,6-7,9H2,1-3H3. The molecule has 100 valence electrons. The van der Waals surface area contributed by atoms with Crippen LogP contribution in [0.15, 0.2) is 18.6 Å². The van der Waals surface area contributed by atoms with E-state index < -0.39 is 10.0 Å². The summed E-state index contributed by atoms with van der Waals surface area (Å²) in [7, 11) is -0.481. The molecule has 0 unspecified atom stereocenters. The third-order valence-corrected chi connectivity index (χ3v) is 4.79. The second-order valence-electron chi connectivity index (χ2n) is 5.01. The smallest absolute Gasteiger partial charge is 0.162 e. The third kappa shape index (κ3) is 3.58. The topological polar surface area (TPSA) is 39.9 Å². The molecule has 4 nitrogen and oxygen atoms in total. The molecule has 0 amide bonds. The van der Waals surface area contributed by atoms with E-state index in [1.165, 1.54) is 0 Å². The Hall–Kier alpha value is -0.340. The highest BCUT2D eigenvalue weighted by molar-refractivity contribution is 14.1. The highest BCUT2D eigenvalue weighted by Gasteiger charge is 2.07. The molecule has 2 aromatic rings. The van der Waals surface area contributed by atoms with Crippen LogP contribution in [0.1, 0.15) is 0 Å². The zero-order valence-corrected chi connectivity index (χ0v) is 13.9. The molecule has 2 rings (SSSR count). The van der Waals surface area contributed by atoms with Crippen LogP contribution in [0.4, 0.5) is 0 Å². The fourth-order valence-corrected chi connectivity index (χ4v) is 2.66. The first-order chi connectivity index (χ1) is 8.47. The van der Waals surface area contributed by atoms with Gasteiger partial charge in [-0.05, 0) is 47.4 Å². The van der Waals surface area contributed by atoms with Crippen LogP contribution in [0.3, 0.4) is 0 Å². The second kappa shape index (κ2) is 5.75. The monoisotopic (exact) mass is 379 g/mol. The molecule has 0 radical (unpaired) electrons. The van der Waals surface area contributed by atoms with E-state index in [0.29, 0.717) is 6.73 Å². The Bertz CT molecular complexity index is 536. The van der Waals surface area contributed by atoms with Gasteiger partial charge < -0.3 is 4.74 Å². The Balaban J connectivity index is 1.98. The maximum Gasteiger partial charge on any atom is 0.162 e. The molecule has 0 aliphatic heterocycles. The maximum atomic E-state index is 5.70. The van der Waals surface area contributed by atoms with E-state index in [4.69, 9.17) is 4.74 Å².